The SMILES string of the molecule is C1CNC2CCN(CC3CCOCC3)CC2C1. The molecular weight excluding hydrogens is 212 g/mol. The van der Waals surface area contributed by atoms with Crippen molar-refractivity contribution in [1.29, 1.82) is 0 Å². The van der Waals surface area contributed by atoms with Gasteiger partial charge in [-0.15, -0.1) is 0 Å². The Bertz CT molecular complexity index is 238. The number of fused-ring (bicyclic) bond motifs is 1. The standard InChI is InChI=1S/C14H26N2O/c1-2-13-11-16(7-3-14(13)15-6-1)10-12-4-8-17-9-5-12/h12-15H,1-11H2. The molecule has 0 aromatic rings. The summed E-state index contributed by atoms with van der Waals surface area (Å²) >= 11 is 0. The van der Waals surface area contributed by atoms with Gasteiger partial charge in [-0.25, -0.2) is 0 Å². The highest BCUT2D eigenvalue weighted by atomic mass is 16.5. The molecular formula is C14H26N2O. The lowest BCUT2D eigenvalue weighted by Gasteiger charge is -2.43. The molecule has 98 valence electrons. The Morgan fingerprint density at radius 2 is 2.00 bits per heavy atom. The van der Waals surface area contributed by atoms with E-state index in [0.29, 0.717) is 0 Å². The third-order valence-electron chi connectivity index (χ3n) is 4.83. The van der Waals surface area contributed by atoms with Crippen LogP contribution in [0.15, 0.2) is 0 Å². The van der Waals surface area contributed by atoms with Gasteiger partial charge in [-0.05, 0) is 57.0 Å². The number of likely N-dealkylation sites (tertiary alicyclic amines) is 1. The maximum atomic E-state index is 5.45. The summed E-state index contributed by atoms with van der Waals surface area (Å²) in [6.45, 7) is 7.21. The van der Waals surface area contributed by atoms with Crippen LogP contribution >= 0.6 is 0 Å². The summed E-state index contributed by atoms with van der Waals surface area (Å²) in [5, 5.41) is 3.70. The summed E-state index contributed by atoms with van der Waals surface area (Å²) in [7, 11) is 0. The van der Waals surface area contributed by atoms with E-state index in [2.05, 4.69) is 10.2 Å². The van der Waals surface area contributed by atoms with Crippen LogP contribution in [0.25, 0.3) is 0 Å². The zero-order valence-electron chi connectivity index (χ0n) is 10.9. The van der Waals surface area contributed by atoms with Crippen LogP contribution in [-0.4, -0.2) is 50.3 Å². The molecule has 3 rings (SSSR count). The van der Waals surface area contributed by atoms with Crippen LogP contribution in [-0.2, 0) is 4.74 Å². The average Bonchev–Trinajstić information content (AvgIpc) is 2.40. The van der Waals surface area contributed by atoms with E-state index in [0.717, 1.165) is 31.1 Å². The predicted molar refractivity (Wildman–Crippen MR) is 69.1 cm³/mol. The normalized spacial score (nSPS) is 36.7. The molecule has 3 fully saturated rings. The molecule has 0 amide bonds. The van der Waals surface area contributed by atoms with E-state index in [-0.39, 0.29) is 0 Å². The van der Waals surface area contributed by atoms with Crippen molar-refractivity contribution in [3.8, 4) is 0 Å². The first-order chi connectivity index (χ1) is 8.42. The Morgan fingerprint density at radius 3 is 2.88 bits per heavy atom. The average molecular weight is 238 g/mol. The lowest BCUT2D eigenvalue weighted by molar-refractivity contribution is 0.0378. The highest BCUT2D eigenvalue weighted by Crippen LogP contribution is 2.26. The second-order valence-electron chi connectivity index (χ2n) is 6.07. The number of rotatable bonds is 2. The van der Waals surface area contributed by atoms with Crippen molar-refractivity contribution in [3.63, 3.8) is 0 Å². The fourth-order valence-electron chi connectivity index (χ4n) is 3.78. The summed E-state index contributed by atoms with van der Waals surface area (Å²) in [6, 6.07) is 0.828. The highest BCUT2D eigenvalue weighted by molar-refractivity contribution is 4.88. The van der Waals surface area contributed by atoms with E-state index in [1.807, 2.05) is 0 Å². The Morgan fingerprint density at radius 1 is 1.12 bits per heavy atom. The largest absolute Gasteiger partial charge is 0.381 e. The number of hydrogen-bond acceptors (Lipinski definition) is 3. The van der Waals surface area contributed by atoms with Gasteiger partial charge >= 0.3 is 0 Å². The Kier molecular flexibility index (Phi) is 3.99. The minimum absolute atomic E-state index is 0.828. The molecule has 3 heteroatoms. The number of nitrogens with zero attached hydrogens (tertiary/aromatic N) is 1. The molecule has 3 heterocycles. The molecule has 3 nitrogen and oxygen atoms in total. The van der Waals surface area contributed by atoms with Gasteiger partial charge in [0.05, 0.1) is 0 Å². The molecule has 1 N–H and O–H groups in total. The van der Waals surface area contributed by atoms with E-state index in [1.54, 1.807) is 0 Å². The fourth-order valence-corrected chi connectivity index (χ4v) is 3.78. The summed E-state index contributed by atoms with van der Waals surface area (Å²) in [4.78, 5) is 2.73. The third-order valence-corrected chi connectivity index (χ3v) is 4.83. The van der Waals surface area contributed by atoms with Gasteiger partial charge in [0.25, 0.3) is 0 Å². The molecule has 0 aromatic carbocycles. The summed E-state index contributed by atoms with van der Waals surface area (Å²) in [5.74, 6) is 1.83. The third kappa shape index (κ3) is 3.01. The van der Waals surface area contributed by atoms with Crippen molar-refractivity contribution < 1.29 is 4.74 Å². The monoisotopic (exact) mass is 238 g/mol. The summed E-state index contributed by atoms with van der Waals surface area (Å²) < 4.78 is 5.45. The van der Waals surface area contributed by atoms with Crippen molar-refractivity contribution in [2.45, 2.75) is 38.1 Å². The van der Waals surface area contributed by atoms with Crippen LogP contribution in [0.4, 0.5) is 0 Å². The van der Waals surface area contributed by atoms with Gasteiger partial charge in [0.15, 0.2) is 0 Å². The van der Waals surface area contributed by atoms with Gasteiger partial charge in [0.1, 0.15) is 0 Å². The second-order valence-corrected chi connectivity index (χ2v) is 6.07. The molecule has 2 atom stereocenters. The van der Waals surface area contributed by atoms with E-state index in [4.69, 9.17) is 4.74 Å². The van der Waals surface area contributed by atoms with Crippen LogP contribution < -0.4 is 5.32 Å². The van der Waals surface area contributed by atoms with Crippen molar-refractivity contribution in [3.05, 3.63) is 0 Å². The number of hydrogen-bond donors (Lipinski definition) is 1. The van der Waals surface area contributed by atoms with Crippen LogP contribution in [0.2, 0.25) is 0 Å². The molecule has 3 saturated heterocycles. The number of nitrogens with one attached hydrogen (secondary N) is 1. The molecule has 3 aliphatic heterocycles. The molecule has 0 aliphatic carbocycles. The Hall–Kier alpha value is -0.120. The van der Waals surface area contributed by atoms with E-state index < -0.39 is 0 Å². The topological polar surface area (TPSA) is 24.5 Å². The van der Waals surface area contributed by atoms with Crippen LogP contribution in [0.5, 0.6) is 0 Å². The zero-order chi connectivity index (χ0) is 11.5. The first-order valence-corrected chi connectivity index (χ1v) is 7.45. The maximum Gasteiger partial charge on any atom is 0.0469 e. The lowest BCUT2D eigenvalue weighted by atomic mass is 9.85. The van der Waals surface area contributed by atoms with Crippen molar-refractivity contribution >= 4 is 0 Å². The minimum atomic E-state index is 0.828. The summed E-state index contributed by atoms with van der Waals surface area (Å²) in [5.41, 5.74) is 0. The quantitative estimate of drug-likeness (QED) is 0.789. The number of ether oxygens (including phenoxy) is 1. The highest BCUT2D eigenvalue weighted by Gasteiger charge is 2.31. The van der Waals surface area contributed by atoms with Gasteiger partial charge in [0, 0.05) is 32.3 Å². The molecule has 0 spiro atoms. The van der Waals surface area contributed by atoms with E-state index in [9.17, 15) is 0 Å². The van der Waals surface area contributed by atoms with Gasteiger partial charge in [-0.2, -0.15) is 0 Å². The zero-order valence-corrected chi connectivity index (χ0v) is 10.9. The van der Waals surface area contributed by atoms with Crippen molar-refractivity contribution in [2.24, 2.45) is 11.8 Å². The van der Waals surface area contributed by atoms with Gasteiger partial charge < -0.3 is 15.0 Å². The van der Waals surface area contributed by atoms with Gasteiger partial charge in [0.2, 0.25) is 0 Å². The molecule has 2 unspecified atom stereocenters. The van der Waals surface area contributed by atoms with Crippen molar-refractivity contribution in [1.82, 2.24) is 10.2 Å². The first kappa shape index (κ1) is 11.9. The molecule has 3 aliphatic rings. The summed E-state index contributed by atoms with van der Waals surface area (Å²) in [6.07, 6.45) is 6.76. The van der Waals surface area contributed by atoms with Crippen molar-refractivity contribution in [2.75, 3.05) is 39.4 Å². The van der Waals surface area contributed by atoms with E-state index >= 15 is 0 Å². The van der Waals surface area contributed by atoms with Crippen LogP contribution in [0.1, 0.15) is 32.1 Å². The van der Waals surface area contributed by atoms with Crippen LogP contribution in [0.3, 0.4) is 0 Å². The minimum Gasteiger partial charge on any atom is -0.381 e. The molecule has 0 bridgehead atoms. The van der Waals surface area contributed by atoms with E-state index in [1.165, 1.54) is 58.3 Å². The fraction of sp³-hybridized carbons (Fsp3) is 1.00. The van der Waals surface area contributed by atoms with Gasteiger partial charge in [-0.3, -0.25) is 0 Å². The molecule has 17 heavy (non-hydrogen) atoms. The Balaban J connectivity index is 1.48. The first-order valence-electron chi connectivity index (χ1n) is 7.45. The molecule has 0 radical (unpaired) electrons. The smallest absolute Gasteiger partial charge is 0.0469 e. The lowest BCUT2D eigenvalue weighted by Crippen LogP contribution is -2.53. The number of piperidine rings is 2. The molecule has 0 saturated carbocycles. The maximum absolute atomic E-state index is 5.45. The van der Waals surface area contributed by atoms with Crippen LogP contribution in [0, 0.1) is 11.8 Å². The Labute approximate surface area is 105 Å². The second kappa shape index (κ2) is 5.68. The molecule has 0 aromatic heterocycles. The predicted octanol–water partition coefficient (Wildman–Crippen LogP) is 1.49. The van der Waals surface area contributed by atoms with Gasteiger partial charge in [-0.1, -0.05) is 0 Å².